The van der Waals surface area contributed by atoms with Crippen LogP contribution in [0.3, 0.4) is 0 Å². The van der Waals surface area contributed by atoms with Gasteiger partial charge in [0.15, 0.2) is 0 Å². The molecule has 0 saturated carbocycles. The molecule has 0 spiro atoms. The molecule has 76 valence electrons. The lowest BCUT2D eigenvalue weighted by Gasteiger charge is -2.09. The van der Waals surface area contributed by atoms with Gasteiger partial charge >= 0.3 is 0 Å². The van der Waals surface area contributed by atoms with Crippen LogP contribution in [0.15, 0.2) is 18.2 Å². The molecule has 1 amide bonds. The zero-order chi connectivity index (χ0) is 10.6. The van der Waals surface area contributed by atoms with E-state index in [2.05, 4.69) is 10.6 Å². The molecule has 0 radical (unpaired) electrons. The van der Waals surface area contributed by atoms with Gasteiger partial charge in [0.05, 0.1) is 12.8 Å². The van der Waals surface area contributed by atoms with Crippen molar-refractivity contribution in [2.45, 2.75) is 0 Å². The Labute approximate surface area is 83.3 Å². The first kappa shape index (κ1) is 10.4. The van der Waals surface area contributed by atoms with Gasteiger partial charge in [-0.25, -0.2) is 0 Å². The molecule has 1 rings (SSSR count). The summed E-state index contributed by atoms with van der Waals surface area (Å²) >= 11 is 0. The van der Waals surface area contributed by atoms with Crippen molar-refractivity contribution in [3.05, 3.63) is 23.8 Å². The first-order valence-electron chi connectivity index (χ1n) is 4.30. The predicted octanol–water partition coefficient (Wildman–Crippen LogP) is 1.10. The van der Waals surface area contributed by atoms with Gasteiger partial charge in [0.25, 0.3) is 5.91 Å². The van der Waals surface area contributed by atoms with Crippen LogP contribution in [0.25, 0.3) is 0 Å². The van der Waals surface area contributed by atoms with E-state index in [4.69, 9.17) is 4.74 Å². The fraction of sp³-hybridized carbons (Fsp3) is 0.300. The molecule has 0 saturated heterocycles. The number of amides is 1. The number of carbonyl (C=O) groups is 1. The maximum absolute atomic E-state index is 11.3. The zero-order valence-electron chi connectivity index (χ0n) is 8.55. The van der Waals surface area contributed by atoms with Crippen LogP contribution in [0.4, 0.5) is 5.69 Å². The van der Waals surface area contributed by atoms with Crippen molar-refractivity contribution >= 4 is 11.6 Å². The lowest BCUT2D eigenvalue weighted by atomic mass is 10.2. The minimum absolute atomic E-state index is 0.119. The number of benzene rings is 1. The highest BCUT2D eigenvalue weighted by molar-refractivity contribution is 5.95. The van der Waals surface area contributed by atoms with Gasteiger partial charge in [0.1, 0.15) is 5.75 Å². The summed E-state index contributed by atoms with van der Waals surface area (Å²) in [6.45, 7) is 0. The van der Waals surface area contributed by atoms with E-state index in [1.807, 2.05) is 6.07 Å². The largest absolute Gasteiger partial charge is 0.495 e. The Balaban J connectivity index is 3.07. The zero-order valence-corrected chi connectivity index (χ0v) is 8.55. The number of ether oxygens (including phenoxy) is 1. The van der Waals surface area contributed by atoms with Crippen molar-refractivity contribution in [2.24, 2.45) is 0 Å². The van der Waals surface area contributed by atoms with E-state index in [0.29, 0.717) is 11.3 Å². The quantitative estimate of drug-likeness (QED) is 0.757. The molecule has 0 fully saturated rings. The van der Waals surface area contributed by atoms with Gasteiger partial charge in [-0.15, -0.1) is 0 Å². The minimum Gasteiger partial charge on any atom is -0.495 e. The fourth-order valence-corrected chi connectivity index (χ4v) is 1.18. The second kappa shape index (κ2) is 4.50. The number of carbonyl (C=O) groups excluding carboxylic acids is 1. The first-order chi connectivity index (χ1) is 6.72. The fourth-order valence-electron chi connectivity index (χ4n) is 1.18. The average Bonchev–Trinajstić information content (AvgIpc) is 2.26. The molecular formula is C10H14N2O2. The van der Waals surface area contributed by atoms with Crippen LogP contribution in [-0.4, -0.2) is 27.1 Å². The van der Waals surface area contributed by atoms with Gasteiger partial charge in [-0.3, -0.25) is 4.79 Å². The molecule has 0 heterocycles. The standard InChI is InChI=1S/C10H14N2O2/c1-11-8-5-4-7(10(13)12-2)6-9(8)14-3/h4-6,11H,1-3H3,(H,12,13). The van der Waals surface area contributed by atoms with E-state index in [1.54, 1.807) is 33.3 Å². The van der Waals surface area contributed by atoms with Gasteiger partial charge in [-0.05, 0) is 18.2 Å². The summed E-state index contributed by atoms with van der Waals surface area (Å²) in [6, 6.07) is 5.25. The van der Waals surface area contributed by atoms with Crippen LogP contribution in [0, 0.1) is 0 Å². The molecule has 2 N–H and O–H groups in total. The Morgan fingerprint density at radius 2 is 2.07 bits per heavy atom. The van der Waals surface area contributed by atoms with Crippen molar-refractivity contribution in [1.82, 2.24) is 5.32 Å². The minimum atomic E-state index is -0.119. The molecular weight excluding hydrogens is 180 g/mol. The Hall–Kier alpha value is -1.71. The summed E-state index contributed by atoms with van der Waals surface area (Å²) in [7, 11) is 4.97. The number of anilines is 1. The van der Waals surface area contributed by atoms with Crippen molar-refractivity contribution < 1.29 is 9.53 Å². The molecule has 0 atom stereocenters. The molecule has 1 aromatic rings. The number of methoxy groups -OCH3 is 1. The van der Waals surface area contributed by atoms with E-state index < -0.39 is 0 Å². The molecule has 0 aromatic heterocycles. The van der Waals surface area contributed by atoms with Crippen molar-refractivity contribution in [3.63, 3.8) is 0 Å². The summed E-state index contributed by atoms with van der Waals surface area (Å²) in [6.07, 6.45) is 0. The molecule has 4 heteroatoms. The topological polar surface area (TPSA) is 50.4 Å². The first-order valence-corrected chi connectivity index (χ1v) is 4.30. The maximum atomic E-state index is 11.3. The SMILES string of the molecule is CNC(=O)c1ccc(NC)c(OC)c1. The van der Waals surface area contributed by atoms with Crippen LogP contribution < -0.4 is 15.4 Å². The highest BCUT2D eigenvalue weighted by atomic mass is 16.5. The molecule has 1 aromatic carbocycles. The summed E-state index contributed by atoms with van der Waals surface area (Å²) in [5.74, 6) is 0.541. The summed E-state index contributed by atoms with van der Waals surface area (Å²) in [4.78, 5) is 11.3. The second-order valence-electron chi connectivity index (χ2n) is 2.74. The van der Waals surface area contributed by atoms with E-state index >= 15 is 0 Å². The Morgan fingerprint density at radius 3 is 2.57 bits per heavy atom. The summed E-state index contributed by atoms with van der Waals surface area (Å²) in [5, 5.41) is 5.53. The molecule has 0 aliphatic rings. The Kier molecular flexibility index (Phi) is 3.34. The van der Waals surface area contributed by atoms with Crippen molar-refractivity contribution in [1.29, 1.82) is 0 Å². The third-order valence-electron chi connectivity index (χ3n) is 1.96. The molecule has 0 unspecified atom stereocenters. The monoisotopic (exact) mass is 194 g/mol. The van der Waals surface area contributed by atoms with E-state index in [-0.39, 0.29) is 5.91 Å². The molecule has 0 aliphatic heterocycles. The number of hydrogen-bond acceptors (Lipinski definition) is 3. The normalized spacial score (nSPS) is 9.36. The number of rotatable bonds is 3. The molecule has 14 heavy (non-hydrogen) atoms. The van der Waals surface area contributed by atoms with Crippen LogP contribution in [0.5, 0.6) is 5.75 Å². The molecule has 4 nitrogen and oxygen atoms in total. The van der Waals surface area contributed by atoms with Gasteiger partial charge < -0.3 is 15.4 Å². The molecule has 0 aliphatic carbocycles. The van der Waals surface area contributed by atoms with Gasteiger partial charge in [0.2, 0.25) is 0 Å². The van der Waals surface area contributed by atoms with Crippen molar-refractivity contribution in [2.75, 3.05) is 26.5 Å². The van der Waals surface area contributed by atoms with Gasteiger partial charge in [-0.1, -0.05) is 0 Å². The third kappa shape index (κ3) is 1.96. The number of hydrogen-bond donors (Lipinski definition) is 2. The summed E-state index contributed by atoms with van der Waals surface area (Å²) in [5.41, 5.74) is 1.45. The van der Waals surface area contributed by atoms with Crippen LogP contribution in [-0.2, 0) is 0 Å². The highest BCUT2D eigenvalue weighted by Gasteiger charge is 2.07. The Morgan fingerprint density at radius 1 is 1.36 bits per heavy atom. The maximum Gasteiger partial charge on any atom is 0.251 e. The predicted molar refractivity (Wildman–Crippen MR) is 55.9 cm³/mol. The second-order valence-corrected chi connectivity index (χ2v) is 2.74. The smallest absolute Gasteiger partial charge is 0.251 e. The average molecular weight is 194 g/mol. The van der Waals surface area contributed by atoms with Gasteiger partial charge in [-0.2, -0.15) is 0 Å². The highest BCUT2D eigenvalue weighted by Crippen LogP contribution is 2.24. The van der Waals surface area contributed by atoms with Crippen molar-refractivity contribution in [3.8, 4) is 5.75 Å². The van der Waals surface area contributed by atoms with E-state index in [1.165, 1.54) is 0 Å². The van der Waals surface area contributed by atoms with Crippen LogP contribution in [0.1, 0.15) is 10.4 Å². The van der Waals surface area contributed by atoms with Crippen LogP contribution in [0.2, 0.25) is 0 Å². The Bertz CT molecular complexity index is 337. The molecule has 0 bridgehead atoms. The van der Waals surface area contributed by atoms with E-state index in [0.717, 1.165) is 5.69 Å². The van der Waals surface area contributed by atoms with Gasteiger partial charge in [0, 0.05) is 19.7 Å². The van der Waals surface area contributed by atoms with Crippen LogP contribution >= 0.6 is 0 Å². The third-order valence-corrected chi connectivity index (χ3v) is 1.96. The number of nitrogens with one attached hydrogen (secondary N) is 2. The lowest BCUT2D eigenvalue weighted by molar-refractivity contribution is 0.0963. The summed E-state index contributed by atoms with van der Waals surface area (Å²) < 4.78 is 5.13. The van der Waals surface area contributed by atoms with E-state index in [9.17, 15) is 4.79 Å². The lowest BCUT2D eigenvalue weighted by Crippen LogP contribution is -2.17.